The van der Waals surface area contributed by atoms with Gasteiger partial charge in [0.1, 0.15) is 24.5 Å². The lowest BCUT2D eigenvalue weighted by molar-refractivity contribution is -0.155. The van der Waals surface area contributed by atoms with E-state index in [1.54, 1.807) is 30.3 Å². The molecule has 2 atom stereocenters. The quantitative estimate of drug-likeness (QED) is 0.250. The van der Waals surface area contributed by atoms with Gasteiger partial charge in [-0.1, -0.05) is 23.4 Å². The van der Waals surface area contributed by atoms with Crippen molar-refractivity contribution in [3.63, 3.8) is 0 Å². The smallest absolute Gasteiger partial charge is 0.353 e. The predicted molar refractivity (Wildman–Crippen MR) is 122 cm³/mol. The molecule has 1 aromatic heterocycles. The highest BCUT2D eigenvalue weighted by Crippen LogP contribution is 2.37. The summed E-state index contributed by atoms with van der Waals surface area (Å²) in [6.45, 7) is 0. The number of aliphatic carboxylic acids is 1. The van der Waals surface area contributed by atoms with E-state index in [9.17, 15) is 24.3 Å². The van der Waals surface area contributed by atoms with E-state index < -0.39 is 41.5 Å². The summed E-state index contributed by atoms with van der Waals surface area (Å²) in [7, 11) is 1.26. The molecule has 4 rings (SSSR count). The number of anilines is 2. The zero-order chi connectivity index (χ0) is 24.4. The summed E-state index contributed by atoms with van der Waals surface area (Å²) in [6, 6.07) is 6.96. The van der Waals surface area contributed by atoms with E-state index in [1.807, 2.05) is 0 Å². The summed E-state index contributed by atoms with van der Waals surface area (Å²) in [4.78, 5) is 60.2. The molecule has 1 aromatic carbocycles. The Labute approximate surface area is 197 Å². The molecule has 2 aliphatic rings. The number of carbonyl (C=O) groups excluding carboxylic acids is 3. The molecule has 2 aromatic rings. The summed E-state index contributed by atoms with van der Waals surface area (Å²) in [5, 5.41) is 20.4. The van der Waals surface area contributed by atoms with Crippen molar-refractivity contribution in [1.82, 2.24) is 15.2 Å². The molecule has 2 aliphatic heterocycles. The number of benzene rings is 1. The molecule has 1 saturated heterocycles. The number of rotatable bonds is 7. The van der Waals surface area contributed by atoms with Gasteiger partial charge >= 0.3 is 5.97 Å². The second-order valence-electron chi connectivity index (χ2n) is 7.41. The largest absolute Gasteiger partial charge is 0.477 e. The minimum Gasteiger partial charge on any atom is -0.477 e. The zero-order valence-electron chi connectivity index (χ0n) is 17.8. The number of para-hydroxylation sites is 1. The number of thiazole rings is 1. The first-order chi connectivity index (χ1) is 16.3. The number of nitrogens with one attached hydrogen (secondary N) is 2. The van der Waals surface area contributed by atoms with Crippen molar-refractivity contribution in [2.24, 2.45) is 5.16 Å². The van der Waals surface area contributed by atoms with Gasteiger partial charge in [-0.15, -0.1) is 11.3 Å². The van der Waals surface area contributed by atoms with E-state index in [1.165, 1.54) is 12.5 Å². The SMILES string of the molecule is CON=C(C(=O)N[C@@H]1C(=O)N2C(C(=O)O)=C(C(=O)Nc3ccccc3)CC[C@H]12)c1csc(N)n1. The number of nitrogens with zero attached hydrogens (tertiary/aromatic N) is 3. The minimum atomic E-state index is -1.40. The van der Waals surface area contributed by atoms with E-state index in [0.29, 0.717) is 5.69 Å². The van der Waals surface area contributed by atoms with Crippen molar-refractivity contribution in [2.45, 2.75) is 24.9 Å². The fraction of sp³-hybridized carbons (Fsp3) is 0.238. The monoisotopic (exact) mass is 484 g/mol. The van der Waals surface area contributed by atoms with Gasteiger partial charge in [0.2, 0.25) is 0 Å². The van der Waals surface area contributed by atoms with Gasteiger partial charge in [0.15, 0.2) is 10.8 Å². The molecular formula is C21H20N6O6S. The van der Waals surface area contributed by atoms with Crippen molar-refractivity contribution < 1.29 is 29.1 Å². The van der Waals surface area contributed by atoms with Gasteiger partial charge in [-0.05, 0) is 25.0 Å². The van der Waals surface area contributed by atoms with Crippen LogP contribution in [0.4, 0.5) is 10.8 Å². The van der Waals surface area contributed by atoms with Crippen LogP contribution in [0.2, 0.25) is 0 Å². The maximum Gasteiger partial charge on any atom is 0.353 e. The lowest BCUT2D eigenvalue weighted by Gasteiger charge is -2.49. The number of oxime groups is 1. The number of nitrogens with two attached hydrogens (primary N) is 1. The van der Waals surface area contributed by atoms with Gasteiger partial charge in [0.05, 0.1) is 6.04 Å². The van der Waals surface area contributed by atoms with E-state index in [4.69, 9.17) is 10.6 Å². The van der Waals surface area contributed by atoms with Gasteiger partial charge in [0.25, 0.3) is 17.7 Å². The number of hydrogen-bond donors (Lipinski definition) is 4. The summed E-state index contributed by atoms with van der Waals surface area (Å²) in [6.07, 6.45) is 0.397. The molecule has 13 heteroatoms. The first kappa shape index (κ1) is 22.9. The fourth-order valence-electron chi connectivity index (χ4n) is 3.91. The average Bonchev–Trinajstić information content (AvgIpc) is 3.25. The van der Waals surface area contributed by atoms with Crippen LogP contribution < -0.4 is 16.4 Å². The van der Waals surface area contributed by atoms with Crippen LogP contribution in [0.25, 0.3) is 0 Å². The third-order valence-corrected chi connectivity index (χ3v) is 6.07. The normalized spacial score (nSPS) is 19.7. The Kier molecular flexibility index (Phi) is 6.27. The van der Waals surface area contributed by atoms with Crippen LogP contribution >= 0.6 is 11.3 Å². The molecule has 176 valence electrons. The number of amides is 3. The molecule has 0 unspecified atom stereocenters. The van der Waals surface area contributed by atoms with Crippen LogP contribution in [0.3, 0.4) is 0 Å². The summed E-state index contributed by atoms with van der Waals surface area (Å²) in [5.41, 5.74) is 5.73. The third-order valence-electron chi connectivity index (χ3n) is 5.39. The van der Waals surface area contributed by atoms with Gasteiger partial charge in [0, 0.05) is 16.6 Å². The highest BCUT2D eigenvalue weighted by molar-refractivity contribution is 7.13. The van der Waals surface area contributed by atoms with Crippen molar-refractivity contribution in [2.75, 3.05) is 18.2 Å². The molecule has 12 nitrogen and oxygen atoms in total. The van der Waals surface area contributed by atoms with Crippen molar-refractivity contribution in [3.05, 3.63) is 52.7 Å². The molecule has 0 aliphatic carbocycles. The first-order valence-corrected chi connectivity index (χ1v) is 11.0. The molecular weight excluding hydrogens is 464 g/mol. The van der Waals surface area contributed by atoms with E-state index in [0.717, 1.165) is 16.2 Å². The fourth-order valence-corrected chi connectivity index (χ4v) is 4.46. The van der Waals surface area contributed by atoms with Crippen LogP contribution in [0, 0.1) is 0 Å². The Hall–Kier alpha value is -4.26. The van der Waals surface area contributed by atoms with Crippen LogP contribution in [-0.2, 0) is 24.0 Å². The molecule has 5 N–H and O–H groups in total. The maximum atomic E-state index is 12.9. The summed E-state index contributed by atoms with van der Waals surface area (Å²) < 4.78 is 0. The first-order valence-electron chi connectivity index (χ1n) is 10.1. The summed E-state index contributed by atoms with van der Waals surface area (Å²) >= 11 is 1.11. The number of carbonyl (C=O) groups is 4. The number of β-lactam (4-membered cyclic amide) rings is 1. The van der Waals surface area contributed by atoms with Crippen LogP contribution in [0.1, 0.15) is 18.5 Å². The standard InChI is InChI=1S/C21H20N6O6S/c1-33-26-14(12-9-34-21(22)24-12)18(29)25-15-13-8-7-11(16(20(31)32)27(13)19(15)30)17(28)23-10-5-3-2-4-6-10/h2-6,9,13,15H,7-8H2,1H3,(H2,22,24)(H,23,28)(H,25,29)(H,31,32)/t13-,15+/m1/s1. The Balaban J connectivity index is 1.53. The molecule has 0 radical (unpaired) electrons. The van der Waals surface area contributed by atoms with Crippen LogP contribution in [0.15, 0.2) is 52.1 Å². The number of nitrogen functional groups attached to an aromatic ring is 1. The van der Waals surface area contributed by atoms with Crippen LogP contribution in [-0.4, -0.2) is 63.6 Å². The molecule has 34 heavy (non-hydrogen) atoms. The lowest BCUT2D eigenvalue weighted by atomic mass is 9.83. The van der Waals surface area contributed by atoms with Gasteiger partial charge in [-0.25, -0.2) is 9.78 Å². The number of fused-ring (bicyclic) bond motifs is 1. The number of aromatic nitrogens is 1. The van der Waals surface area contributed by atoms with Gasteiger partial charge in [-0.2, -0.15) is 0 Å². The molecule has 0 saturated carbocycles. The Morgan fingerprint density at radius 3 is 2.65 bits per heavy atom. The molecule has 0 spiro atoms. The number of carboxylic acids is 1. The Morgan fingerprint density at radius 2 is 2.03 bits per heavy atom. The molecule has 3 amide bonds. The third kappa shape index (κ3) is 4.20. The van der Waals surface area contributed by atoms with E-state index in [-0.39, 0.29) is 35.0 Å². The zero-order valence-corrected chi connectivity index (χ0v) is 18.7. The number of carboxylic acid groups (broad SMARTS) is 1. The molecule has 0 bridgehead atoms. The Bertz CT molecular complexity index is 1220. The van der Waals surface area contributed by atoms with Crippen LogP contribution in [0.5, 0.6) is 0 Å². The van der Waals surface area contributed by atoms with E-state index in [2.05, 4.69) is 20.8 Å². The molecule has 3 heterocycles. The van der Waals surface area contributed by atoms with E-state index >= 15 is 0 Å². The molecule has 1 fully saturated rings. The number of hydrogen-bond acceptors (Lipinski definition) is 9. The topological polar surface area (TPSA) is 176 Å². The second-order valence-corrected chi connectivity index (χ2v) is 8.30. The Morgan fingerprint density at radius 1 is 1.29 bits per heavy atom. The van der Waals surface area contributed by atoms with Crippen molar-refractivity contribution >= 4 is 51.6 Å². The second kappa shape index (κ2) is 9.31. The maximum absolute atomic E-state index is 12.9. The van der Waals surface area contributed by atoms with Crippen molar-refractivity contribution in [1.29, 1.82) is 0 Å². The summed E-state index contributed by atoms with van der Waals surface area (Å²) in [5.74, 6) is -3.37. The highest BCUT2D eigenvalue weighted by atomic mass is 32.1. The lowest BCUT2D eigenvalue weighted by Crippen LogP contribution is -2.72. The van der Waals surface area contributed by atoms with Gasteiger partial charge in [-0.3, -0.25) is 19.3 Å². The predicted octanol–water partition coefficient (Wildman–Crippen LogP) is 0.543. The van der Waals surface area contributed by atoms with Crippen molar-refractivity contribution in [3.8, 4) is 0 Å². The highest BCUT2D eigenvalue weighted by Gasteiger charge is 2.54. The minimum absolute atomic E-state index is 0.00897. The average molecular weight is 484 g/mol. The van der Waals surface area contributed by atoms with Gasteiger partial charge < -0.3 is 26.3 Å².